The molecule has 202 valence electrons. The number of esters is 1. The quantitative estimate of drug-likeness (QED) is 0.139. The van der Waals surface area contributed by atoms with E-state index < -0.39 is 29.6 Å². The average Bonchev–Trinajstić information content (AvgIpc) is 3.34. The van der Waals surface area contributed by atoms with Gasteiger partial charge in [-0.2, -0.15) is 5.10 Å². The van der Waals surface area contributed by atoms with Crippen LogP contribution in [-0.4, -0.2) is 42.4 Å². The highest BCUT2D eigenvalue weighted by Crippen LogP contribution is 2.22. The van der Waals surface area contributed by atoms with Crippen LogP contribution in [0.25, 0.3) is 0 Å². The fraction of sp³-hybridized carbons (Fsp3) is 0.120. The van der Waals surface area contributed by atoms with Gasteiger partial charge in [-0.3, -0.25) is 19.2 Å². The van der Waals surface area contributed by atoms with Crippen molar-refractivity contribution in [1.82, 2.24) is 10.7 Å². The lowest BCUT2D eigenvalue weighted by Crippen LogP contribution is -2.34. The molecule has 0 unspecified atom stereocenters. The second-order valence-electron chi connectivity index (χ2n) is 7.55. The number of ether oxygens (including phenoxy) is 1. The molecule has 3 rings (SSSR count). The van der Waals surface area contributed by atoms with Gasteiger partial charge in [-0.05, 0) is 61.5 Å². The van der Waals surface area contributed by atoms with E-state index >= 15 is 0 Å². The Bertz CT molecular complexity index is 1400. The number of hydrazone groups is 1. The van der Waals surface area contributed by atoms with Crippen molar-refractivity contribution in [1.29, 1.82) is 0 Å². The number of hydrogen-bond donors (Lipinski definition) is 4. The smallest absolute Gasteiger partial charge is 0.338 e. The average molecular weight is 574 g/mol. The van der Waals surface area contributed by atoms with Crippen LogP contribution in [-0.2, 0) is 30.5 Å². The number of nitrogens with one attached hydrogen (secondary N) is 4. The van der Waals surface area contributed by atoms with Crippen LogP contribution < -0.4 is 21.4 Å². The van der Waals surface area contributed by atoms with Crippen LogP contribution in [0.3, 0.4) is 0 Å². The molecule has 3 aromatic rings. The Kier molecular flexibility index (Phi) is 10.2. The van der Waals surface area contributed by atoms with Crippen LogP contribution in [0.15, 0.2) is 64.1 Å². The Labute approximate surface area is 231 Å². The van der Waals surface area contributed by atoms with Gasteiger partial charge in [-0.25, -0.2) is 10.2 Å². The summed E-state index contributed by atoms with van der Waals surface area (Å²) in [5.74, 6) is -3.90. The van der Waals surface area contributed by atoms with Crippen molar-refractivity contribution in [2.45, 2.75) is 13.5 Å². The maximum atomic E-state index is 12.1. The molecule has 2 aromatic carbocycles. The third-order valence-corrected chi connectivity index (χ3v) is 5.09. The molecular formula is C25H21Cl2N5O7. The molecule has 0 aliphatic heterocycles. The van der Waals surface area contributed by atoms with Gasteiger partial charge < -0.3 is 25.1 Å². The lowest BCUT2D eigenvalue weighted by atomic mass is 10.2. The highest BCUT2D eigenvalue weighted by atomic mass is 35.5. The molecule has 39 heavy (non-hydrogen) atoms. The van der Waals surface area contributed by atoms with Crippen molar-refractivity contribution >= 4 is 70.4 Å². The molecule has 0 saturated heterocycles. The number of carbonyl (C=O) groups excluding carboxylic acids is 5. The monoisotopic (exact) mass is 573 g/mol. The fourth-order valence-corrected chi connectivity index (χ4v) is 3.44. The summed E-state index contributed by atoms with van der Waals surface area (Å²) >= 11 is 11.7. The van der Waals surface area contributed by atoms with Crippen molar-refractivity contribution in [2.24, 2.45) is 5.10 Å². The zero-order valence-corrected chi connectivity index (χ0v) is 21.8. The van der Waals surface area contributed by atoms with Gasteiger partial charge in [0.1, 0.15) is 11.5 Å². The molecule has 0 aliphatic rings. The number of furan rings is 1. The molecular weight excluding hydrogens is 553 g/mol. The summed E-state index contributed by atoms with van der Waals surface area (Å²) in [6.07, 6.45) is 1.14. The van der Waals surface area contributed by atoms with E-state index in [1.165, 1.54) is 54.6 Å². The van der Waals surface area contributed by atoms with E-state index in [2.05, 4.69) is 21.1 Å². The van der Waals surface area contributed by atoms with Crippen molar-refractivity contribution in [2.75, 3.05) is 17.2 Å². The third-order valence-electron chi connectivity index (χ3n) is 4.65. The number of carbonyl (C=O) groups is 5. The SMILES string of the molecule is CCOC(=O)c1ccc(NC(=O)C(=O)NCc2ccc(/C=N/NC(=O)C(=O)Nc3cc(Cl)cc(Cl)c3)o2)cc1. The lowest BCUT2D eigenvalue weighted by molar-refractivity contribution is -0.136. The Morgan fingerprint density at radius 1 is 0.846 bits per heavy atom. The molecule has 0 radical (unpaired) electrons. The first-order chi connectivity index (χ1) is 18.6. The second kappa shape index (κ2) is 13.7. The van der Waals surface area contributed by atoms with Gasteiger partial charge in [0.25, 0.3) is 0 Å². The number of nitrogens with zero attached hydrogens (tertiary/aromatic N) is 1. The Balaban J connectivity index is 1.43. The number of halogens is 2. The van der Waals surface area contributed by atoms with Crippen molar-refractivity contribution in [3.05, 3.63) is 81.7 Å². The van der Waals surface area contributed by atoms with Crippen LogP contribution in [0.2, 0.25) is 10.0 Å². The van der Waals surface area contributed by atoms with Crippen molar-refractivity contribution in [3.63, 3.8) is 0 Å². The minimum atomic E-state index is -1.05. The first-order valence-corrected chi connectivity index (χ1v) is 12.0. The molecule has 0 atom stereocenters. The number of amides is 4. The summed E-state index contributed by atoms with van der Waals surface area (Å²) < 4.78 is 10.3. The van der Waals surface area contributed by atoms with Gasteiger partial charge in [-0.15, -0.1) is 0 Å². The van der Waals surface area contributed by atoms with Gasteiger partial charge in [0.15, 0.2) is 0 Å². The van der Waals surface area contributed by atoms with E-state index in [1.54, 1.807) is 6.92 Å². The highest BCUT2D eigenvalue weighted by molar-refractivity contribution is 6.40. The minimum Gasteiger partial charge on any atom is -0.462 e. The molecule has 0 saturated carbocycles. The Morgan fingerprint density at radius 2 is 1.49 bits per heavy atom. The molecule has 14 heteroatoms. The molecule has 0 aliphatic carbocycles. The number of benzene rings is 2. The summed E-state index contributed by atoms with van der Waals surface area (Å²) in [6, 6.07) is 13.2. The topological polar surface area (TPSA) is 168 Å². The maximum absolute atomic E-state index is 12.1. The second-order valence-corrected chi connectivity index (χ2v) is 8.42. The molecule has 0 bridgehead atoms. The minimum absolute atomic E-state index is 0.112. The predicted octanol–water partition coefficient (Wildman–Crippen LogP) is 3.11. The van der Waals surface area contributed by atoms with Crippen LogP contribution in [0, 0.1) is 0 Å². The highest BCUT2D eigenvalue weighted by Gasteiger charge is 2.16. The maximum Gasteiger partial charge on any atom is 0.338 e. The van der Waals surface area contributed by atoms with Crippen LogP contribution >= 0.6 is 23.2 Å². The molecule has 1 aromatic heterocycles. The number of hydrogen-bond acceptors (Lipinski definition) is 8. The van der Waals surface area contributed by atoms with Gasteiger partial charge in [-0.1, -0.05) is 23.2 Å². The number of rotatable bonds is 8. The van der Waals surface area contributed by atoms with E-state index in [9.17, 15) is 24.0 Å². The third kappa shape index (κ3) is 8.98. The van der Waals surface area contributed by atoms with Crippen molar-refractivity contribution in [3.8, 4) is 0 Å². The first kappa shape index (κ1) is 28.9. The molecule has 1 heterocycles. The van der Waals surface area contributed by atoms with Crippen LogP contribution in [0.4, 0.5) is 11.4 Å². The first-order valence-electron chi connectivity index (χ1n) is 11.2. The standard InChI is InChI=1S/C25H21Cl2N5O7/c1-2-38-25(37)14-3-5-17(6-4-14)30-22(34)21(33)28-12-19-7-8-20(39-19)13-29-32-24(36)23(35)31-18-10-15(26)9-16(27)11-18/h3-11,13H,2,12H2,1H3,(H,28,33)(H,30,34)(H,31,35)(H,32,36)/b29-13+. The summed E-state index contributed by atoms with van der Waals surface area (Å²) in [5, 5.41) is 11.3. The van der Waals surface area contributed by atoms with Gasteiger partial charge in [0, 0.05) is 21.4 Å². The fourth-order valence-electron chi connectivity index (χ4n) is 2.92. The van der Waals surface area contributed by atoms with E-state index in [0.717, 1.165) is 6.21 Å². The lowest BCUT2D eigenvalue weighted by Gasteiger charge is -2.07. The van der Waals surface area contributed by atoms with Crippen LogP contribution in [0.1, 0.15) is 28.8 Å². The summed E-state index contributed by atoms with van der Waals surface area (Å²) in [6.45, 7) is 1.81. The van der Waals surface area contributed by atoms with Gasteiger partial charge in [0.2, 0.25) is 0 Å². The normalized spacial score (nSPS) is 10.5. The zero-order valence-electron chi connectivity index (χ0n) is 20.2. The van der Waals surface area contributed by atoms with E-state index in [0.29, 0.717) is 17.0 Å². The summed E-state index contributed by atoms with van der Waals surface area (Å²) in [4.78, 5) is 59.8. The molecule has 4 N–H and O–H groups in total. The van der Waals surface area contributed by atoms with E-state index in [4.69, 9.17) is 32.4 Å². The van der Waals surface area contributed by atoms with Crippen molar-refractivity contribution < 1.29 is 33.1 Å². The summed E-state index contributed by atoms with van der Waals surface area (Å²) in [5.41, 5.74) is 2.89. The Hall–Kier alpha value is -4.68. The predicted molar refractivity (Wildman–Crippen MR) is 142 cm³/mol. The summed E-state index contributed by atoms with van der Waals surface area (Å²) in [7, 11) is 0. The molecule has 0 spiro atoms. The molecule has 4 amide bonds. The van der Waals surface area contributed by atoms with E-state index in [-0.39, 0.29) is 34.6 Å². The molecule has 0 fully saturated rings. The molecule has 12 nitrogen and oxygen atoms in total. The number of anilines is 2. The zero-order chi connectivity index (χ0) is 28.4. The van der Waals surface area contributed by atoms with Crippen LogP contribution in [0.5, 0.6) is 0 Å². The van der Waals surface area contributed by atoms with Gasteiger partial charge >= 0.3 is 29.6 Å². The Morgan fingerprint density at radius 3 is 2.15 bits per heavy atom. The van der Waals surface area contributed by atoms with E-state index in [1.807, 2.05) is 5.43 Å². The van der Waals surface area contributed by atoms with Gasteiger partial charge in [0.05, 0.1) is 24.9 Å². The largest absolute Gasteiger partial charge is 0.462 e.